The summed E-state index contributed by atoms with van der Waals surface area (Å²) in [5.74, 6) is -0.598. The summed E-state index contributed by atoms with van der Waals surface area (Å²) in [4.78, 5) is 35.8. The van der Waals surface area contributed by atoms with Crippen molar-refractivity contribution in [3.8, 4) is 0 Å². The van der Waals surface area contributed by atoms with Crippen molar-refractivity contribution in [2.75, 3.05) is 44.2 Å². The molecular weight excluding hydrogens is 391 g/mol. The van der Waals surface area contributed by atoms with E-state index in [9.17, 15) is 14.0 Å². The summed E-state index contributed by atoms with van der Waals surface area (Å²) < 4.78 is 13.9. The van der Waals surface area contributed by atoms with Gasteiger partial charge in [0.1, 0.15) is 5.82 Å². The zero-order valence-corrected chi connectivity index (χ0v) is 17.3. The number of hydrogen-bond donors (Lipinski definition) is 0. The molecule has 2 amide bonds. The van der Waals surface area contributed by atoms with Crippen LogP contribution in [0, 0.1) is 18.7 Å². The van der Waals surface area contributed by atoms with Crippen LogP contribution in [0.15, 0.2) is 29.6 Å². The summed E-state index contributed by atoms with van der Waals surface area (Å²) in [6.45, 7) is 5.57. The average Bonchev–Trinajstić information content (AvgIpc) is 3.20. The average molecular weight is 417 g/mol. The lowest BCUT2D eigenvalue weighted by atomic mass is 9.95. The van der Waals surface area contributed by atoms with Crippen molar-refractivity contribution >= 4 is 28.3 Å². The highest BCUT2D eigenvalue weighted by molar-refractivity contribution is 7.13. The second-order valence-corrected chi connectivity index (χ2v) is 8.47. The number of piperazine rings is 1. The maximum Gasteiger partial charge on any atom is 0.256 e. The fourth-order valence-electron chi connectivity index (χ4n) is 4.00. The van der Waals surface area contributed by atoms with Crippen molar-refractivity contribution in [3.05, 3.63) is 46.7 Å². The van der Waals surface area contributed by atoms with Gasteiger partial charge in [-0.15, -0.1) is 11.3 Å². The molecular formula is C21H25FN4O2S. The van der Waals surface area contributed by atoms with Crippen molar-refractivity contribution in [2.45, 2.75) is 19.8 Å². The number of hydrogen-bond acceptors (Lipinski definition) is 5. The van der Waals surface area contributed by atoms with Crippen molar-refractivity contribution in [2.24, 2.45) is 5.92 Å². The number of aryl methyl sites for hydroxylation is 1. The van der Waals surface area contributed by atoms with Crippen molar-refractivity contribution in [1.29, 1.82) is 0 Å². The molecule has 0 radical (unpaired) electrons. The van der Waals surface area contributed by atoms with Crippen LogP contribution < -0.4 is 4.90 Å². The molecule has 0 N–H and O–H groups in total. The van der Waals surface area contributed by atoms with E-state index < -0.39 is 5.82 Å². The second-order valence-electron chi connectivity index (χ2n) is 7.63. The van der Waals surface area contributed by atoms with Gasteiger partial charge in [0.25, 0.3) is 5.91 Å². The first-order chi connectivity index (χ1) is 14.0. The SMILES string of the molecule is Cc1csc(N2CCC(C(=O)N3CCN(C(=O)c4ccccc4F)CC3)CC2)n1. The first kappa shape index (κ1) is 19.8. The number of amides is 2. The van der Waals surface area contributed by atoms with Gasteiger partial charge in [-0.05, 0) is 31.9 Å². The fraction of sp³-hybridized carbons (Fsp3) is 0.476. The van der Waals surface area contributed by atoms with Gasteiger partial charge in [-0.2, -0.15) is 0 Å². The van der Waals surface area contributed by atoms with E-state index in [0.29, 0.717) is 26.2 Å². The summed E-state index contributed by atoms with van der Waals surface area (Å²) in [6, 6.07) is 6.04. The molecule has 0 aliphatic carbocycles. The molecule has 1 aromatic heterocycles. The van der Waals surface area contributed by atoms with Gasteiger partial charge < -0.3 is 14.7 Å². The molecule has 4 rings (SSSR count). The quantitative estimate of drug-likeness (QED) is 0.772. The number of benzene rings is 1. The van der Waals surface area contributed by atoms with E-state index in [2.05, 4.69) is 15.3 Å². The Morgan fingerprint density at radius 1 is 1.03 bits per heavy atom. The third-order valence-electron chi connectivity index (χ3n) is 5.70. The summed E-state index contributed by atoms with van der Waals surface area (Å²) in [5, 5.41) is 3.09. The van der Waals surface area contributed by atoms with Crippen LogP contribution in [0.2, 0.25) is 0 Å². The number of carbonyl (C=O) groups is 2. The highest BCUT2D eigenvalue weighted by Gasteiger charge is 2.32. The summed E-state index contributed by atoms with van der Waals surface area (Å²) in [7, 11) is 0. The predicted molar refractivity (Wildman–Crippen MR) is 111 cm³/mol. The minimum atomic E-state index is -0.502. The largest absolute Gasteiger partial charge is 0.348 e. The Labute approximate surface area is 173 Å². The van der Waals surface area contributed by atoms with Crippen LogP contribution in [0.25, 0.3) is 0 Å². The molecule has 0 atom stereocenters. The van der Waals surface area contributed by atoms with Gasteiger partial charge in [0.05, 0.1) is 11.3 Å². The van der Waals surface area contributed by atoms with Gasteiger partial charge in [-0.1, -0.05) is 12.1 Å². The Kier molecular flexibility index (Phi) is 5.80. The van der Waals surface area contributed by atoms with E-state index in [1.54, 1.807) is 28.4 Å². The van der Waals surface area contributed by atoms with E-state index in [-0.39, 0.29) is 23.3 Å². The second kappa shape index (κ2) is 8.49. The highest BCUT2D eigenvalue weighted by atomic mass is 32.1. The molecule has 0 unspecified atom stereocenters. The topological polar surface area (TPSA) is 56.8 Å². The zero-order chi connectivity index (χ0) is 20.4. The van der Waals surface area contributed by atoms with Crippen LogP contribution >= 0.6 is 11.3 Å². The Hall–Kier alpha value is -2.48. The normalized spacial score (nSPS) is 18.2. The Bertz CT molecular complexity index is 886. The Morgan fingerprint density at radius 2 is 1.69 bits per heavy atom. The number of thiazole rings is 1. The zero-order valence-electron chi connectivity index (χ0n) is 16.5. The van der Waals surface area contributed by atoms with Crippen LogP contribution in [0.3, 0.4) is 0 Å². The fourth-order valence-corrected chi connectivity index (χ4v) is 4.85. The number of nitrogens with zero attached hydrogens (tertiary/aromatic N) is 4. The molecule has 3 heterocycles. The van der Waals surface area contributed by atoms with Crippen molar-refractivity contribution in [3.63, 3.8) is 0 Å². The standard InChI is InChI=1S/C21H25FN4O2S/c1-15-14-29-21(23-15)26-8-6-16(7-9-26)19(27)24-10-12-25(13-11-24)20(28)17-4-2-3-5-18(17)22/h2-5,14,16H,6-13H2,1H3. The number of carbonyl (C=O) groups excluding carboxylic acids is 2. The minimum absolute atomic E-state index is 0.0288. The first-order valence-electron chi connectivity index (χ1n) is 10.0. The number of halogens is 1. The molecule has 0 bridgehead atoms. The summed E-state index contributed by atoms with van der Waals surface area (Å²) >= 11 is 1.65. The van der Waals surface area contributed by atoms with Crippen LogP contribution in [0.4, 0.5) is 9.52 Å². The van der Waals surface area contributed by atoms with E-state index in [1.807, 2.05) is 11.8 Å². The minimum Gasteiger partial charge on any atom is -0.348 e. The van der Waals surface area contributed by atoms with Gasteiger partial charge in [0.2, 0.25) is 5.91 Å². The third-order valence-corrected chi connectivity index (χ3v) is 6.72. The maximum atomic E-state index is 13.9. The smallest absolute Gasteiger partial charge is 0.256 e. The van der Waals surface area contributed by atoms with E-state index in [1.165, 1.54) is 12.1 Å². The van der Waals surface area contributed by atoms with Crippen LogP contribution in [0.5, 0.6) is 0 Å². The van der Waals surface area contributed by atoms with E-state index in [0.717, 1.165) is 36.8 Å². The van der Waals surface area contributed by atoms with Gasteiger partial charge in [0.15, 0.2) is 5.13 Å². The van der Waals surface area contributed by atoms with Crippen LogP contribution in [-0.2, 0) is 4.79 Å². The maximum absolute atomic E-state index is 13.9. The van der Waals surface area contributed by atoms with Crippen LogP contribution in [0.1, 0.15) is 28.9 Å². The number of aromatic nitrogens is 1. The molecule has 8 heteroatoms. The predicted octanol–water partition coefficient (Wildman–Crippen LogP) is 2.79. The molecule has 2 saturated heterocycles. The molecule has 2 fully saturated rings. The lowest BCUT2D eigenvalue weighted by Gasteiger charge is -2.38. The van der Waals surface area contributed by atoms with Crippen molar-refractivity contribution in [1.82, 2.24) is 14.8 Å². The summed E-state index contributed by atoms with van der Waals surface area (Å²) in [5.41, 5.74) is 1.13. The van der Waals surface area contributed by atoms with Gasteiger partial charge >= 0.3 is 0 Å². The third kappa shape index (κ3) is 4.27. The Balaban J connectivity index is 1.28. The number of piperidine rings is 1. The van der Waals surface area contributed by atoms with E-state index in [4.69, 9.17) is 0 Å². The van der Waals surface area contributed by atoms with Gasteiger partial charge in [0, 0.05) is 50.6 Å². The van der Waals surface area contributed by atoms with E-state index >= 15 is 0 Å². The lowest BCUT2D eigenvalue weighted by molar-refractivity contribution is -0.137. The van der Waals surface area contributed by atoms with Crippen molar-refractivity contribution < 1.29 is 14.0 Å². The number of anilines is 1. The van der Waals surface area contributed by atoms with Gasteiger partial charge in [-0.25, -0.2) is 9.37 Å². The Morgan fingerprint density at radius 3 is 2.31 bits per heavy atom. The molecule has 154 valence electrons. The summed E-state index contributed by atoms with van der Waals surface area (Å²) in [6.07, 6.45) is 1.65. The molecule has 1 aromatic carbocycles. The molecule has 6 nitrogen and oxygen atoms in total. The molecule has 2 aliphatic rings. The monoisotopic (exact) mass is 416 g/mol. The first-order valence-corrected chi connectivity index (χ1v) is 10.9. The lowest BCUT2D eigenvalue weighted by Crippen LogP contribution is -2.53. The molecule has 2 aromatic rings. The van der Waals surface area contributed by atoms with Crippen LogP contribution in [-0.4, -0.2) is 65.9 Å². The molecule has 2 aliphatic heterocycles. The number of rotatable bonds is 3. The highest BCUT2D eigenvalue weighted by Crippen LogP contribution is 2.27. The van der Waals surface area contributed by atoms with Gasteiger partial charge in [-0.3, -0.25) is 9.59 Å². The molecule has 29 heavy (non-hydrogen) atoms. The molecule has 0 spiro atoms. The molecule has 0 saturated carbocycles.